The van der Waals surface area contributed by atoms with Crippen molar-refractivity contribution in [3.8, 4) is 0 Å². The molecular weight excluding hydrogens is 319 g/mol. The van der Waals surface area contributed by atoms with E-state index in [0.29, 0.717) is 21.6 Å². The molecule has 6 heteroatoms. The number of anilines is 1. The second-order valence-electron chi connectivity index (χ2n) is 5.02. The molecule has 1 amide bonds. The van der Waals surface area contributed by atoms with E-state index in [4.69, 9.17) is 11.6 Å². The van der Waals surface area contributed by atoms with Crippen molar-refractivity contribution >= 4 is 34.1 Å². The molecule has 4 nitrogen and oxygen atoms in total. The Bertz CT molecular complexity index is 935. The second-order valence-corrected chi connectivity index (χ2v) is 5.46. The van der Waals surface area contributed by atoms with Gasteiger partial charge in [-0.25, -0.2) is 4.39 Å². The van der Waals surface area contributed by atoms with E-state index in [1.165, 1.54) is 30.3 Å². The number of hydrogen-bond acceptors (Lipinski definition) is 2. The van der Waals surface area contributed by atoms with E-state index in [0.717, 1.165) is 0 Å². The van der Waals surface area contributed by atoms with Crippen LogP contribution in [0.25, 0.3) is 10.9 Å². The predicted octanol–water partition coefficient (Wildman–Crippen LogP) is 3.43. The molecule has 23 heavy (non-hydrogen) atoms. The summed E-state index contributed by atoms with van der Waals surface area (Å²) >= 11 is 5.97. The number of halogens is 2. The summed E-state index contributed by atoms with van der Waals surface area (Å²) < 4.78 is 14.5. The lowest BCUT2D eigenvalue weighted by Crippen LogP contribution is -2.20. The molecule has 2 aromatic carbocycles. The molecule has 1 aromatic heterocycles. The number of nitrogens with one attached hydrogen (secondary N) is 1. The van der Waals surface area contributed by atoms with Crippen LogP contribution in [0.1, 0.15) is 0 Å². The van der Waals surface area contributed by atoms with Crippen molar-refractivity contribution in [1.29, 1.82) is 0 Å². The van der Waals surface area contributed by atoms with Crippen LogP contribution in [0.5, 0.6) is 0 Å². The van der Waals surface area contributed by atoms with Gasteiger partial charge < -0.3 is 9.88 Å². The largest absolute Gasteiger partial charge is 0.338 e. The van der Waals surface area contributed by atoms with Crippen molar-refractivity contribution in [1.82, 2.24) is 4.57 Å². The molecule has 0 aliphatic carbocycles. The fourth-order valence-corrected chi connectivity index (χ4v) is 2.47. The third-order valence-corrected chi connectivity index (χ3v) is 3.62. The number of hydrogen-bond donors (Lipinski definition) is 1. The van der Waals surface area contributed by atoms with Crippen molar-refractivity contribution in [2.45, 2.75) is 6.54 Å². The lowest BCUT2D eigenvalue weighted by molar-refractivity contribution is -0.116. The molecule has 0 aliphatic heterocycles. The van der Waals surface area contributed by atoms with Gasteiger partial charge in [-0.2, -0.15) is 0 Å². The Morgan fingerprint density at radius 2 is 1.87 bits per heavy atom. The topological polar surface area (TPSA) is 51.1 Å². The second kappa shape index (κ2) is 6.22. The molecule has 1 N–H and O–H groups in total. The summed E-state index contributed by atoms with van der Waals surface area (Å²) in [5.41, 5.74) is 0.950. The summed E-state index contributed by atoms with van der Waals surface area (Å²) in [5.74, 6) is -0.662. The quantitative estimate of drug-likeness (QED) is 0.800. The van der Waals surface area contributed by atoms with Gasteiger partial charge in [-0.05, 0) is 42.5 Å². The van der Waals surface area contributed by atoms with Crippen molar-refractivity contribution in [2.75, 3.05) is 5.32 Å². The van der Waals surface area contributed by atoms with Gasteiger partial charge in [0.05, 0.1) is 5.52 Å². The number of nitrogens with zero attached hydrogens (tertiary/aromatic N) is 1. The van der Waals surface area contributed by atoms with Gasteiger partial charge in [-0.3, -0.25) is 9.59 Å². The summed E-state index contributed by atoms with van der Waals surface area (Å²) in [5, 5.41) is 3.65. The highest BCUT2D eigenvalue weighted by molar-refractivity contribution is 6.31. The van der Waals surface area contributed by atoms with Gasteiger partial charge in [0, 0.05) is 28.4 Å². The molecule has 3 rings (SSSR count). The first kappa shape index (κ1) is 15.2. The van der Waals surface area contributed by atoms with Gasteiger partial charge in [0.15, 0.2) is 5.43 Å². The number of carbonyl (C=O) groups excluding carboxylic acids is 1. The van der Waals surface area contributed by atoms with Crippen molar-refractivity contribution in [2.24, 2.45) is 0 Å². The lowest BCUT2D eigenvalue weighted by atomic mass is 10.2. The number of benzene rings is 2. The zero-order valence-corrected chi connectivity index (χ0v) is 12.7. The van der Waals surface area contributed by atoms with Crippen LogP contribution in [0.15, 0.2) is 59.5 Å². The van der Waals surface area contributed by atoms with Crippen LogP contribution in [0.2, 0.25) is 5.02 Å². The van der Waals surface area contributed by atoms with E-state index in [9.17, 15) is 14.0 Å². The van der Waals surface area contributed by atoms with E-state index < -0.39 is 0 Å². The maximum absolute atomic E-state index is 12.9. The molecule has 116 valence electrons. The number of rotatable bonds is 3. The number of amides is 1. The Morgan fingerprint density at radius 3 is 2.61 bits per heavy atom. The summed E-state index contributed by atoms with van der Waals surface area (Å²) in [6, 6.07) is 11.8. The van der Waals surface area contributed by atoms with Crippen LogP contribution >= 0.6 is 11.6 Å². The molecule has 3 aromatic rings. The monoisotopic (exact) mass is 330 g/mol. The Labute approximate surface area is 136 Å². The highest BCUT2D eigenvalue weighted by Gasteiger charge is 2.08. The first-order chi connectivity index (χ1) is 11.0. The Hall–Kier alpha value is -2.66. The third kappa shape index (κ3) is 3.40. The molecule has 0 saturated heterocycles. The third-order valence-electron chi connectivity index (χ3n) is 3.38. The van der Waals surface area contributed by atoms with Crippen LogP contribution in [-0.4, -0.2) is 10.5 Å². The molecule has 0 radical (unpaired) electrons. The van der Waals surface area contributed by atoms with Gasteiger partial charge in [0.2, 0.25) is 5.91 Å². The molecule has 0 bridgehead atoms. The maximum Gasteiger partial charge on any atom is 0.244 e. The number of aromatic nitrogens is 1. The van der Waals surface area contributed by atoms with Gasteiger partial charge in [0.1, 0.15) is 12.4 Å². The number of fused-ring (bicyclic) bond motifs is 1. The zero-order valence-electron chi connectivity index (χ0n) is 11.9. The summed E-state index contributed by atoms with van der Waals surface area (Å²) in [6.45, 7) is 0.00843. The Morgan fingerprint density at radius 1 is 1.13 bits per heavy atom. The van der Waals surface area contributed by atoms with E-state index >= 15 is 0 Å². The minimum absolute atomic E-state index is 0.00843. The smallest absolute Gasteiger partial charge is 0.244 e. The Kier molecular flexibility index (Phi) is 4.12. The van der Waals surface area contributed by atoms with Crippen molar-refractivity contribution in [3.63, 3.8) is 0 Å². The average Bonchev–Trinajstić information content (AvgIpc) is 2.52. The molecule has 0 fully saturated rings. The van der Waals surface area contributed by atoms with Crippen molar-refractivity contribution < 1.29 is 9.18 Å². The highest BCUT2D eigenvalue weighted by Crippen LogP contribution is 2.17. The van der Waals surface area contributed by atoms with Crippen LogP contribution < -0.4 is 10.7 Å². The minimum Gasteiger partial charge on any atom is -0.338 e. The summed E-state index contributed by atoms with van der Waals surface area (Å²) in [6.07, 6.45) is 1.55. The fourth-order valence-electron chi connectivity index (χ4n) is 2.30. The standard InChI is InChI=1S/C17H12ClFN2O2/c18-11-1-6-14-15(9-11)21(8-7-16(14)22)10-17(23)20-13-4-2-12(19)3-5-13/h1-9H,10H2,(H,20,23). The SMILES string of the molecule is O=C(Cn1ccc(=O)c2ccc(Cl)cc21)Nc1ccc(F)cc1. The van der Waals surface area contributed by atoms with Crippen LogP contribution in [0.4, 0.5) is 10.1 Å². The molecule has 0 unspecified atom stereocenters. The summed E-state index contributed by atoms with van der Waals surface area (Å²) in [7, 11) is 0. The lowest BCUT2D eigenvalue weighted by Gasteiger charge is -2.11. The highest BCUT2D eigenvalue weighted by atomic mass is 35.5. The summed E-state index contributed by atoms with van der Waals surface area (Å²) in [4.78, 5) is 24.0. The molecule has 1 heterocycles. The van der Waals surface area contributed by atoms with Crippen LogP contribution in [0.3, 0.4) is 0 Å². The zero-order chi connectivity index (χ0) is 16.4. The number of carbonyl (C=O) groups is 1. The van der Waals surface area contributed by atoms with E-state index in [1.807, 2.05) is 0 Å². The maximum atomic E-state index is 12.9. The normalized spacial score (nSPS) is 10.7. The average molecular weight is 331 g/mol. The number of pyridine rings is 1. The first-order valence-corrected chi connectivity index (χ1v) is 7.25. The van der Waals surface area contributed by atoms with E-state index in [2.05, 4.69) is 5.32 Å². The molecule has 0 aliphatic rings. The van der Waals surface area contributed by atoms with Gasteiger partial charge in [-0.1, -0.05) is 11.6 Å². The van der Waals surface area contributed by atoms with Gasteiger partial charge in [-0.15, -0.1) is 0 Å². The van der Waals surface area contributed by atoms with Crippen molar-refractivity contribution in [3.05, 3.63) is 75.8 Å². The van der Waals surface area contributed by atoms with E-state index in [1.54, 1.807) is 29.0 Å². The molecule has 0 spiro atoms. The fraction of sp³-hybridized carbons (Fsp3) is 0.0588. The van der Waals surface area contributed by atoms with E-state index in [-0.39, 0.29) is 23.7 Å². The van der Waals surface area contributed by atoms with Gasteiger partial charge in [0.25, 0.3) is 0 Å². The van der Waals surface area contributed by atoms with Gasteiger partial charge >= 0.3 is 0 Å². The van der Waals surface area contributed by atoms with Crippen LogP contribution in [0, 0.1) is 5.82 Å². The first-order valence-electron chi connectivity index (χ1n) is 6.87. The predicted molar refractivity (Wildman–Crippen MR) is 88.2 cm³/mol. The minimum atomic E-state index is -0.371. The van der Waals surface area contributed by atoms with Crippen LogP contribution in [-0.2, 0) is 11.3 Å². The molecule has 0 saturated carbocycles. The molecule has 0 atom stereocenters. The Balaban J connectivity index is 1.87. The molecular formula is C17H12ClFN2O2.